The van der Waals surface area contributed by atoms with E-state index in [1.807, 2.05) is 24.4 Å². The standard InChI is InChI=1S/C24H28N4O4/c1-30-24-19(3-2-9-26-24)23(29)27-13-16-7-11-28(12-8-16)14-17-15-31-21-5-4-20-18(6-10-25-20)22(21)32-17/h2-6,9-10,16-17,25H,7-8,11-15H2,1H3,(H,27,29). The monoisotopic (exact) mass is 436 g/mol. The highest BCUT2D eigenvalue weighted by Gasteiger charge is 2.27. The van der Waals surface area contributed by atoms with Gasteiger partial charge in [0, 0.05) is 36.4 Å². The normalized spacial score (nSPS) is 19.1. The van der Waals surface area contributed by atoms with Crippen molar-refractivity contribution in [2.24, 2.45) is 5.92 Å². The van der Waals surface area contributed by atoms with Gasteiger partial charge in [-0.2, -0.15) is 0 Å². The first kappa shape index (κ1) is 20.6. The van der Waals surface area contributed by atoms with Crippen molar-refractivity contribution in [2.75, 3.05) is 39.9 Å². The Morgan fingerprint density at radius 1 is 1.28 bits per heavy atom. The number of nitrogens with zero attached hydrogens (tertiary/aromatic N) is 2. The minimum atomic E-state index is -0.139. The molecule has 4 heterocycles. The van der Waals surface area contributed by atoms with Crippen LogP contribution in [-0.4, -0.2) is 66.8 Å². The minimum Gasteiger partial charge on any atom is -0.486 e. The number of pyridine rings is 1. The Labute approximate surface area is 186 Å². The highest BCUT2D eigenvalue weighted by atomic mass is 16.6. The molecule has 1 aromatic carbocycles. The number of piperidine rings is 1. The van der Waals surface area contributed by atoms with Crippen LogP contribution in [0.15, 0.2) is 42.7 Å². The Morgan fingerprint density at radius 2 is 2.16 bits per heavy atom. The summed E-state index contributed by atoms with van der Waals surface area (Å²) in [5.41, 5.74) is 1.53. The average molecular weight is 437 g/mol. The van der Waals surface area contributed by atoms with Crippen LogP contribution >= 0.6 is 0 Å². The quantitative estimate of drug-likeness (QED) is 0.618. The number of likely N-dealkylation sites (tertiary alicyclic amines) is 1. The van der Waals surface area contributed by atoms with Gasteiger partial charge >= 0.3 is 0 Å². The Balaban J connectivity index is 1.10. The summed E-state index contributed by atoms with van der Waals surface area (Å²) in [6, 6.07) is 9.49. The third kappa shape index (κ3) is 4.23. The fourth-order valence-electron chi connectivity index (χ4n) is 4.51. The van der Waals surface area contributed by atoms with E-state index in [2.05, 4.69) is 20.2 Å². The lowest BCUT2D eigenvalue weighted by molar-refractivity contribution is 0.0490. The van der Waals surface area contributed by atoms with E-state index in [0.717, 1.165) is 54.9 Å². The Hall–Kier alpha value is -3.26. The molecule has 0 radical (unpaired) electrons. The molecule has 2 aliphatic rings. The largest absolute Gasteiger partial charge is 0.486 e. The topological polar surface area (TPSA) is 88.7 Å². The van der Waals surface area contributed by atoms with Gasteiger partial charge in [-0.25, -0.2) is 4.98 Å². The number of fused-ring (bicyclic) bond motifs is 3. The molecule has 5 rings (SSSR count). The van der Waals surface area contributed by atoms with Crippen molar-refractivity contribution in [3.63, 3.8) is 0 Å². The van der Waals surface area contributed by atoms with Gasteiger partial charge in [0.15, 0.2) is 11.5 Å². The molecule has 8 heteroatoms. The number of amides is 1. The Kier molecular flexibility index (Phi) is 5.85. The molecule has 1 amide bonds. The van der Waals surface area contributed by atoms with Crippen molar-refractivity contribution >= 4 is 16.8 Å². The molecular weight excluding hydrogens is 408 g/mol. The zero-order valence-corrected chi connectivity index (χ0v) is 18.2. The van der Waals surface area contributed by atoms with Crippen molar-refractivity contribution in [3.8, 4) is 17.4 Å². The molecule has 0 spiro atoms. The summed E-state index contributed by atoms with van der Waals surface area (Å²) in [6.07, 6.45) is 5.63. The second-order valence-corrected chi connectivity index (χ2v) is 8.40. The molecular formula is C24H28N4O4. The second-order valence-electron chi connectivity index (χ2n) is 8.40. The van der Waals surface area contributed by atoms with Gasteiger partial charge in [-0.05, 0) is 62.2 Å². The molecule has 2 N–H and O–H groups in total. The zero-order chi connectivity index (χ0) is 21.9. The van der Waals surface area contributed by atoms with Gasteiger partial charge in [0.1, 0.15) is 18.3 Å². The van der Waals surface area contributed by atoms with Crippen molar-refractivity contribution in [1.82, 2.24) is 20.2 Å². The maximum Gasteiger partial charge on any atom is 0.256 e. The van der Waals surface area contributed by atoms with Crippen LogP contribution in [0.1, 0.15) is 23.2 Å². The van der Waals surface area contributed by atoms with Crippen LogP contribution in [0.5, 0.6) is 17.4 Å². The van der Waals surface area contributed by atoms with E-state index in [4.69, 9.17) is 14.2 Å². The SMILES string of the molecule is COc1ncccc1C(=O)NCC1CCN(CC2COc3ccc4[nH]ccc4c3O2)CC1. The van der Waals surface area contributed by atoms with Crippen LogP contribution in [0, 0.1) is 5.92 Å². The van der Waals surface area contributed by atoms with Gasteiger partial charge in [0.05, 0.1) is 7.11 Å². The van der Waals surface area contributed by atoms with Crippen LogP contribution in [0.4, 0.5) is 0 Å². The number of carbonyl (C=O) groups is 1. The number of aromatic nitrogens is 2. The molecule has 8 nitrogen and oxygen atoms in total. The number of H-pyrrole nitrogens is 1. The smallest absolute Gasteiger partial charge is 0.256 e. The number of carbonyl (C=O) groups excluding carboxylic acids is 1. The Morgan fingerprint density at radius 3 is 3.00 bits per heavy atom. The predicted octanol–water partition coefficient (Wildman–Crippen LogP) is 2.85. The van der Waals surface area contributed by atoms with Gasteiger partial charge in [0.2, 0.25) is 5.88 Å². The number of benzene rings is 1. The highest BCUT2D eigenvalue weighted by molar-refractivity contribution is 5.96. The molecule has 1 fully saturated rings. The van der Waals surface area contributed by atoms with Crippen LogP contribution in [0.25, 0.3) is 10.9 Å². The summed E-state index contributed by atoms with van der Waals surface area (Å²) >= 11 is 0. The minimum absolute atomic E-state index is 0.0114. The summed E-state index contributed by atoms with van der Waals surface area (Å²) in [5, 5.41) is 4.10. The van der Waals surface area contributed by atoms with Crippen molar-refractivity contribution < 1.29 is 19.0 Å². The molecule has 3 aromatic rings. The molecule has 0 aliphatic carbocycles. The van der Waals surface area contributed by atoms with Crippen molar-refractivity contribution in [1.29, 1.82) is 0 Å². The van der Waals surface area contributed by atoms with E-state index >= 15 is 0 Å². The van der Waals surface area contributed by atoms with Gasteiger partial charge < -0.3 is 24.5 Å². The average Bonchev–Trinajstić information content (AvgIpc) is 3.33. The van der Waals surface area contributed by atoms with Crippen molar-refractivity contribution in [2.45, 2.75) is 18.9 Å². The number of ether oxygens (including phenoxy) is 3. The molecule has 1 unspecified atom stereocenters. The molecule has 32 heavy (non-hydrogen) atoms. The Bertz CT molecular complexity index is 1090. The van der Waals surface area contributed by atoms with E-state index in [9.17, 15) is 4.79 Å². The molecule has 0 saturated carbocycles. The first-order chi connectivity index (χ1) is 15.7. The summed E-state index contributed by atoms with van der Waals surface area (Å²) < 4.78 is 17.5. The van der Waals surface area contributed by atoms with Gasteiger partial charge in [-0.3, -0.25) is 9.69 Å². The second kappa shape index (κ2) is 9.08. The number of hydrogen-bond donors (Lipinski definition) is 2. The lowest BCUT2D eigenvalue weighted by Crippen LogP contribution is -2.45. The van der Waals surface area contributed by atoms with Crippen LogP contribution in [0.2, 0.25) is 0 Å². The van der Waals surface area contributed by atoms with E-state index < -0.39 is 0 Å². The summed E-state index contributed by atoms with van der Waals surface area (Å²) in [5.74, 6) is 2.32. The van der Waals surface area contributed by atoms with Crippen LogP contribution in [-0.2, 0) is 0 Å². The van der Waals surface area contributed by atoms with E-state index in [1.54, 1.807) is 18.3 Å². The van der Waals surface area contributed by atoms with E-state index in [-0.39, 0.29) is 12.0 Å². The first-order valence-corrected chi connectivity index (χ1v) is 11.1. The number of methoxy groups -OCH3 is 1. The van der Waals surface area contributed by atoms with Gasteiger partial charge in [-0.1, -0.05) is 0 Å². The summed E-state index contributed by atoms with van der Waals surface area (Å²) in [7, 11) is 1.52. The first-order valence-electron chi connectivity index (χ1n) is 11.1. The highest BCUT2D eigenvalue weighted by Crippen LogP contribution is 2.38. The predicted molar refractivity (Wildman–Crippen MR) is 120 cm³/mol. The number of aromatic amines is 1. The third-order valence-corrected chi connectivity index (χ3v) is 6.29. The number of nitrogens with one attached hydrogen (secondary N) is 2. The molecule has 1 saturated heterocycles. The fourth-order valence-corrected chi connectivity index (χ4v) is 4.51. The van der Waals surface area contributed by atoms with Gasteiger partial charge in [0.25, 0.3) is 5.91 Å². The van der Waals surface area contributed by atoms with Crippen molar-refractivity contribution in [3.05, 3.63) is 48.3 Å². The number of rotatable bonds is 6. The third-order valence-electron chi connectivity index (χ3n) is 6.29. The van der Waals surface area contributed by atoms with E-state index in [0.29, 0.717) is 30.5 Å². The molecule has 168 valence electrons. The molecule has 2 aromatic heterocycles. The van der Waals surface area contributed by atoms with Crippen LogP contribution in [0.3, 0.4) is 0 Å². The van der Waals surface area contributed by atoms with Gasteiger partial charge in [-0.15, -0.1) is 0 Å². The summed E-state index contributed by atoms with van der Waals surface area (Å²) in [4.78, 5) is 22.2. The lowest BCUT2D eigenvalue weighted by atomic mass is 9.96. The maximum absolute atomic E-state index is 12.5. The molecule has 1 atom stereocenters. The number of hydrogen-bond acceptors (Lipinski definition) is 6. The van der Waals surface area contributed by atoms with E-state index in [1.165, 1.54) is 7.11 Å². The zero-order valence-electron chi connectivity index (χ0n) is 18.2. The lowest BCUT2D eigenvalue weighted by Gasteiger charge is -2.35. The fraction of sp³-hybridized carbons (Fsp3) is 0.417. The summed E-state index contributed by atoms with van der Waals surface area (Å²) in [6.45, 7) is 4.03. The molecule has 0 bridgehead atoms. The molecule has 2 aliphatic heterocycles. The maximum atomic E-state index is 12.5. The van der Waals surface area contributed by atoms with Crippen LogP contribution < -0.4 is 19.5 Å².